The summed E-state index contributed by atoms with van der Waals surface area (Å²) in [6.45, 7) is 0. The average Bonchev–Trinajstić information content (AvgIpc) is 2.19. The van der Waals surface area contributed by atoms with E-state index in [1.54, 1.807) is 6.08 Å². The molecule has 0 amide bonds. The second-order valence-electron chi connectivity index (χ2n) is 3.52. The highest BCUT2D eigenvalue weighted by Crippen LogP contribution is 2.27. The Morgan fingerprint density at radius 2 is 2.14 bits per heavy atom. The minimum absolute atomic E-state index is 0.941. The molecule has 1 aliphatic carbocycles. The first-order valence-corrected chi connectivity index (χ1v) is 5.44. The summed E-state index contributed by atoms with van der Waals surface area (Å²) < 4.78 is 1.14. The molecule has 0 atom stereocenters. The van der Waals surface area contributed by atoms with E-state index in [2.05, 4.69) is 40.2 Å². The van der Waals surface area contributed by atoms with E-state index in [1.807, 2.05) is 0 Å². The number of hydrogen-bond donors (Lipinski definition) is 0. The average molecular weight is 248 g/mol. The van der Waals surface area contributed by atoms with Crippen LogP contribution in [-0.4, -0.2) is 0 Å². The molecule has 0 aliphatic heterocycles. The zero-order valence-corrected chi connectivity index (χ0v) is 9.34. The van der Waals surface area contributed by atoms with Crippen LogP contribution in [0.2, 0.25) is 0 Å². The first-order chi connectivity index (χ1) is 6.79. The Morgan fingerprint density at radius 1 is 1.29 bits per heavy atom. The van der Waals surface area contributed by atoms with Crippen molar-refractivity contribution in [3.63, 3.8) is 0 Å². The smallest absolute Gasteiger partial charge is 0.0911 e. The number of aryl methyl sites for hydroxylation is 1. The number of allylic oxidation sites excluding steroid dienone is 2. The lowest BCUT2D eigenvalue weighted by molar-refractivity contribution is 0.836. The molecule has 0 bridgehead atoms. The summed E-state index contributed by atoms with van der Waals surface area (Å²) in [4.78, 5) is 0. The van der Waals surface area contributed by atoms with Gasteiger partial charge in [-0.3, -0.25) is 0 Å². The molecule has 0 unspecified atom stereocenters. The molecule has 70 valence electrons. The summed E-state index contributed by atoms with van der Waals surface area (Å²) in [5.74, 6) is 0. The molecule has 2 heteroatoms. The molecule has 1 aromatic rings. The summed E-state index contributed by atoms with van der Waals surface area (Å²) in [6.07, 6.45) is 4.71. The van der Waals surface area contributed by atoms with E-state index in [9.17, 15) is 0 Å². The van der Waals surface area contributed by atoms with Crippen molar-refractivity contribution >= 4 is 15.9 Å². The molecule has 0 heterocycles. The zero-order valence-electron chi connectivity index (χ0n) is 7.76. The highest BCUT2D eigenvalue weighted by molar-refractivity contribution is 9.10. The van der Waals surface area contributed by atoms with E-state index in [4.69, 9.17) is 5.26 Å². The standard InChI is InChI=1S/C12H10BrN/c13-12-4-3-10-7-9(5-6-14)1-2-11(10)8-12/h3-5,8H,1-2,7H2/b9-5+. The van der Waals surface area contributed by atoms with Gasteiger partial charge in [-0.2, -0.15) is 5.26 Å². The van der Waals surface area contributed by atoms with Gasteiger partial charge >= 0.3 is 0 Å². The van der Waals surface area contributed by atoms with Gasteiger partial charge in [-0.1, -0.05) is 27.6 Å². The molecule has 0 fully saturated rings. The van der Waals surface area contributed by atoms with Gasteiger partial charge in [0.15, 0.2) is 0 Å². The lowest BCUT2D eigenvalue weighted by Crippen LogP contribution is -2.05. The highest BCUT2D eigenvalue weighted by atomic mass is 79.9. The number of nitrogens with zero attached hydrogens (tertiary/aromatic N) is 1. The third-order valence-corrected chi connectivity index (χ3v) is 3.06. The van der Waals surface area contributed by atoms with Gasteiger partial charge in [-0.25, -0.2) is 0 Å². The minimum atomic E-state index is 0.941. The molecule has 0 aromatic heterocycles. The molecule has 0 saturated carbocycles. The van der Waals surface area contributed by atoms with Gasteiger partial charge < -0.3 is 0 Å². The van der Waals surface area contributed by atoms with Crippen LogP contribution in [0.5, 0.6) is 0 Å². The van der Waals surface area contributed by atoms with E-state index in [-0.39, 0.29) is 0 Å². The van der Waals surface area contributed by atoms with Gasteiger partial charge in [0.1, 0.15) is 0 Å². The fourth-order valence-electron chi connectivity index (χ4n) is 1.84. The van der Waals surface area contributed by atoms with Crippen molar-refractivity contribution in [1.29, 1.82) is 5.26 Å². The maximum Gasteiger partial charge on any atom is 0.0911 e. The molecule has 0 radical (unpaired) electrons. The number of rotatable bonds is 0. The van der Waals surface area contributed by atoms with E-state index < -0.39 is 0 Å². The predicted molar refractivity (Wildman–Crippen MR) is 59.9 cm³/mol. The van der Waals surface area contributed by atoms with E-state index in [0.29, 0.717) is 0 Å². The molecular formula is C12H10BrN. The summed E-state index contributed by atoms with van der Waals surface area (Å²) in [7, 11) is 0. The topological polar surface area (TPSA) is 23.8 Å². The highest BCUT2D eigenvalue weighted by Gasteiger charge is 2.12. The van der Waals surface area contributed by atoms with E-state index in [0.717, 1.165) is 23.7 Å². The molecule has 14 heavy (non-hydrogen) atoms. The Kier molecular flexibility index (Phi) is 2.69. The van der Waals surface area contributed by atoms with Crippen LogP contribution in [0.25, 0.3) is 0 Å². The van der Waals surface area contributed by atoms with Crippen LogP contribution in [0, 0.1) is 11.3 Å². The monoisotopic (exact) mass is 247 g/mol. The quantitative estimate of drug-likeness (QED) is 0.645. The number of nitriles is 1. The van der Waals surface area contributed by atoms with Gasteiger partial charge in [0.2, 0.25) is 0 Å². The molecular weight excluding hydrogens is 238 g/mol. The predicted octanol–water partition coefficient (Wildman–Crippen LogP) is 3.39. The molecule has 1 nitrogen and oxygen atoms in total. The Bertz CT molecular complexity index is 426. The second kappa shape index (κ2) is 3.98. The molecule has 2 rings (SSSR count). The van der Waals surface area contributed by atoms with Crippen LogP contribution >= 0.6 is 15.9 Å². The van der Waals surface area contributed by atoms with Crippen LogP contribution in [0.15, 0.2) is 34.3 Å². The lowest BCUT2D eigenvalue weighted by Gasteiger charge is -2.17. The summed E-state index contributed by atoms with van der Waals surface area (Å²) >= 11 is 3.47. The van der Waals surface area contributed by atoms with Gasteiger partial charge in [0.25, 0.3) is 0 Å². The summed E-state index contributed by atoms with van der Waals surface area (Å²) in [6, 6.07) is 8.49. The minimum Gasteiger partial charge on any atom is -0.193 e. The Balaban J connectivity index is 2.33. The van der Waals surface area contributed by atoms with Crippen molar-refractivity contribution in [2.45, 2.75) is 19.3 Å². The fourth-order valence-corrected chi connectivity index (χ4v) is 2.25. The maximum absolute atomic E-state index is 8.58. The van der Waals surface area contributed by atoms with Gasteiger partial charge in [0, 0.05) is 10.5 Å². The molecule has 0 N–H and O–H groups in total. The van der Waals surface area contributed by atoms with Gasteiger partial charge in [0.05, 0.1) is 6.07 Å². The number of halogens is 1. The SMILES string of the molecule is N#C/C=C1\CCc2cc(Br)ccc2C1. The summed E-state index contributed by atoms with van der Waals surface area (Å²) in [5.41, 5.74) is 4.03. The van der Waals surface area contributed by atoms with Crippen molar-refractivity contribution in [2.75, 3.05) is 0 Å². The molecule has 0 spiro atoms. The Hall–Kier alpha value is -1.07. The van der Waals surface area contributed by atoms with Crippen LogP contribution in [0.3, 0.4) is 0 Å². The van der Waals surface area contributed by atoms with Crippen molar-refractivity contribution < 1.29 is 0 Å². The van der Waals surface area contributed by atoms with Gasteiger partial charge in [-0.15, -0.1) is 0 Å². The number of fused-ring (bicyclic) bond motifs is 1. The molecule has 0 saturated heterocycles. The lowest BCUT2D eigenvalue weighted by atomic mass is 9.88. The van der Waals surface area contributed by atoms with E-state index in [1.165, 1.54) is 16.7 Å². The Labute approximate surface area is 92.2 Å². The normalized spacial score (nSPS) is 17.6. The van der Waals surface area contributed by atoms with Gasteiger partial charge in [-0.05, 0) is 42.5 Å². The largest absolute Gasteiger partial charge is 0.193 e. The summed E-state index contributed by atoms with van der Waals surface area (Å²) in [5, 5.41) is 8.58. The second-order valence-corrected chi connectivity index (χ2v) is 4.44. The van der Waals surface area contributed by atoms with Crippen molar-refractivity contribution in [3.8, 4) is 6.07 Å². The molecule has 1 aliphatic rings. The van der Waals surface area contributed by atoms with Crippen molar-refractivity contribution in [1.82, 2.24) is 0 Å². The first kappa shape index (κ1) is 9.48. The van der Waals surface area contributed by atoms with Crippen LogP contribution in [-0.2, 0) is 12.8 Å². The number of hydrogen-bond acceptors (Lipinski definition) is 1. The Morgan fingerprint density at radius 3 is 2.93 bits per heavy atom. The van der Waals surface area contributed by atoms with Crippen LogP contribution in [0.4, 0.5) is 0 Å². The molecule has 1 aromatic carbocycles. The van der Waals surface area contributed by atoms with Crippen LogP contribution < -0.4 is 0 Å². The van der Waals surface area contributed by atoms with Crippen LogP contribution in [0.1, 0.15) is 17.5 Å². The van der Waals surface area contributed by atoms with Crippen molar-refractivity contribution in [3.05, 3.63) is 45.4 Å². The maximum atomic E-state index is 8.58. The van der Waals surface area contributed by atoms with E-state index >= 15 is 0 Å². The fraction of sp³-hybridized carbons (Fsp3) is 0.250. The third-order valence-electron chi connectivity index (χ3n) is 2.57. The third kappa shape index (κ3) is 1.88. The van der Waals surface area contributed by atoms with Crippen molar-refractivity contribution in [2.24, 2.45) is 0 Å². The number of benzene rings is 1. The zero-order chi connectivity index (χ0) is 9.97. The first-order valence-electron chi connectivity index (χ1n) is 4.64.